The van der Waals surface area contributed by atoms with Gasteiger partial charge in [0.1, 0.15) is 5.76 Å². The number of aryl methyl sites for hydroxylation is 3. The topological polar surface area (TPSA) is 57.0 Å². The fourth-order valence-electron chi connectivity index (χ4n) is 2.31. The minimum absolute atomic E-state index is 0.122. The SMILES string of the molecule is CCc1nn(CC)c(CC(N)c2ccoc2C)c1Cl. The average Bonchev–Trinajstić information content (AvgIpc) is 2.95. The molecule has 5 heteroatoms. The first-order valence-electron chi connectivity index (χ1n) is 6.62. The molecule has 0 fully saturated rings. The Morgan fingerprint density at radius 3 is 2.74 bits per heavy atom. The Bertz CT molecular complexity index is 559. The molecule has 0 saturated heterocycles. The highest BCUT2D eigenvalue weighted by Crippen LogP contribution is 2.27. The molecule has 0 aliphatic carbocycles. The van der Waals surface area contributed by atoms with Crippen LogP contribution in [0.3, 0.4) is 0 Å². The lowest BCUT2D eigenvalue weighted by Gasteiger charge is -2.12. The van der Waals surface area contributed by atoms with E-state index >= 15 is 0 Å². The zero-order chi connectivity index (χ0) is 14.0. The highest BCUT2D eigenvalue weighted by Gasteiger charge is 2.19. The lowest BCUT2D eigenvalue weighted by atomic mass is 10.0. The van der Waals surface area contributed by atoms with Gasteiger partial charge in [0.05, 0.1) is 22.7 Å². The van der Waals surface area contributed by atoms with E-state index in [1.54, 1.807) is 6.26 Å². The number of rotatable bonds is 5. The van der Waals surface area contributed by atoms with Gasteiger partial charge in [0.25, 0.3) is 0 Å². The molecule has 4 nitrogen and oxygen atoms in total. The van der Waals surface area contributed by atoms with Gasteiger partial charge < -0.3 is 10.2 Å². The van der Waals surface area contributed by atoms with Gasteiger partial charge in [-0.3, -0.25) is 4.68 Å². The zero-order valence-corrected chi connectivity index (χ0v) is 12.4. The van der Waals surface area contributed by atoms with E-state index in [1.807, 2.05) is 17.7 Å². The van der Waals surface area contributed by atoms with E-state index in [4.69, 9.17) is 21.8 Å². The maximum atomic E-state index is 6.39. The Kier molecular flexibility index (Phi) is 4.32. The van der Waals surface area contributed by atoms with Crippen LogP contribution in [0, 0.1) is 6.92 Å². The average molecular weight is 282 g/mol. The van der Waals surface area contributed by atoms with Crippen molar-refractivity contribution in [1.29, 1.82) is 0 Å². The standard InChI is InChI=1S/C14H20ClN3O/c1-4-12-14(15)13(18(5-2)17-12)8-11(16)10-6-7-19-9(10)3/h6-7,11H,4-5,8,16H2,1-3H3. The van der Waals surface area contributed by atoms with Gasteiger partial charge >= 0.3 is 0 Å². The smallest absolute Gasteiger partial charge is 0.105 e. The molecule has 0 aromatic carbocycles. The summed E-state index contributed by atoms with van der Waals surface area (Å²) in [5, 5.41) is 5.26. The lowest BCUT2D eigenvalue weighted by molar-refractivity contribution is 0.520. The Morgan fingerprint density at radius 2 is 2.21 bits per heavy atom. The number of nitrogens with two attached hydrogens (primary N) is 1. The first-order valence-corrected chi connectivity index (χ1v) is 6.99. The van der Waals surface area contributed by atoms with Gasteiger partial charge in [-0.25, -0.2) is 0 Å². The Labute approximate surface area is 118 Å². The number of hydrogen-bond acceptors (Lipinski definition) is 3. The van der Waals surface area contributed by atoms with Crippen LogP contribution < -0.4 is 5.73 Å². The summed E-state index contributed by atoms with van der Waals surface area (Å²) in [5.74, 6) is 0.863. The van der Waals surface area contributed by atoms with Crippen LogP contribution in [-0.2, 0) is 19.4 Å². The molecule has 2 rings (SSSR count). The second kappa shape index (κ2) is 5.80. The summed E-state index contributed by atoms with van der Waals surface area (Å²) in [7, 11) is 0. The number of aromatic nitrogens is 2. The van der Waals surface area contributed by atoms with Crippen LogP contribution >= 0.6 is 11.6 Å². The van der Waals surface area contributed by atoms with Gasteiger partial charge in [0.2, 0.25) is 0 Å². The first kappa shape index (κ1) is 14.2. The number of halogens is 1. The number of furan rings is 1. The van der Waals surface area contributed by atoms with E-state index in [0.717, 1.165) is 40.7 Å². The van der Waals surface area contributed by atoms with Crippen molar-refractivity contribution in [1.82, 2.24) is 9.78 Å². The van der Waals surface area contributed by atoms with Crippen LogP contribution in [0.1, 0.15) is 42.6 Å². The first-order chi connectivity index (χ1) is 9.08. The predicted molar refractivity (Wildman–Crippen MR) is 76.4 cm³/mol. The Morgan fingerprint density at radius 1 is 1.47 bits per heavy atom. The van der Waals surface area contributed by atoms with Gasteiger partial charge in [-0.1, -0.05) is 18.5 Å². The van der Waals surface area contributed by atoms with Crippen LogP contribution in [0.15, 0.2) is 16.7 Å². The van der Waals surface area contributed by atoms with Gasteiger partial charge in [0, 0.05) is 24.6 Å². The van der Waals surface area contributed by atoms with E-state index < -0.39 is 0 Å². The van der Waals surface area contributed by atoms with Crippen molar-refractivity contribution in [3.05, 3.63) is 40.1 Å². The van der Waals surface area contributed by atoms with Gasteiger partial charge in [-0.05, 0) is 26.3 Å². The Hall–Kier alpha value is -1.26. The van der Waals surface area contributed by atoms with Crippen LogP contribution in [0.25, 0.3) is 0 Å². The third-order valence-electron chi connectivity index (χ3n) is 3.41. The molecule has 0 radical (unpaired) electrons. The zero-order valence-electron chi connectivity index (χ0n) is 11.6. The third-order valence-corrected chi connectivity index (χ3v) is 3.84. The third kappa shape index (κ3) is 2.69. The van der Waals surface area contributed by atoms with Gasteiger partial charge in [-0.15, -0.1) is 0 Å². The summed E-state index contributed by atoms with van der Waals surface area (Å²) in [5.41, 5.74) is 9.23. The fourth-order valence-corrected chi connectivity index (χ4v) is 2.66. The normalized spacial score (nSPS) is 12.9. The molecule has 1 unspecified atom stereocenters. The van der Waals surface area contributed by atoms with Gasteiger partial charge in [-0.2, -0.15) is 5.10 Å². The van der Waals surface area contributed by atoms with Gasteiger partial charge in [0.15, 0.2) is 0 Å². The molecule has 19 heavy (non-hydrogen) atoms. The van der Waals surface area contributed by atoms with E-state index in [0.29, 0.717) is 6.42 Å². The quantitative estimate of drug-likeness (QED) is 0.915. The monoisotopic (exact) mass is 281 g/mol. The van der Waals surface area contributed by atoms with Crippen LogP contribution in [0.5, 0.6) is 0 Å². The van der Waals surface area contributed by atoms with Crippen LogP contribution in [0.4, 0.5) is 0 Å². The van der Waals surface area contributed by atoms with E-state index in [9.17, 15) is 0 Å². The summed E-state index contributed by atoms with van der Waals surface area (Å²) >= 11 is 6.39. The highest BCUT2D eigenvalue weighted by atomic mass is 35.5. The summed E-state index contributed by atoms with van der Waals surface area (Å²) in [6, 6.07) is 1.80. The predicted octanol–water partition coefficient (Wildman–Crippen LogP) is 3.26. The van der Waals surface area contributed by atoms with Crippen molar-refractivity contribution in [2.24, 2.45) is 5.73 Å². The number of nitrogens with zero attached hydrogens (tertiary/aromatic N) is 2. The molecule has 2 aromatic heterocycles. The van der Waals surface area contributed by atoms with Crippen molar-refractivity contribution >= 4 is 11.6 Å². The Balaban J connectivity index is 2.28. The van der Waals surface area contributed by atoms with Crippen molar-refractivity contribution in [3.8, 4) is 0 Å². The van der Waals surface area contributed by atoms with Crippen molar-refractivity contribution in [3.63, 3.8) is 0 Å². The summed E-state index contributed by atoms with van der Waals surface area (Å²) in [4.78, 5) is 0. The molecule has 1 atom stereocenters. The molecule has 0 spiro atoms. The van der Waals surface area contributed by atoms with Crippen LogP contribution in [0.2, 0.25) is 5.02 Å². The van der Waals surface area contributed by atoms with Crippen molar-refractivity contribution in [2.45, 2.75) is 46.2 Å². The minimum Gasteiger partial charge on any atom is -0.469 e. The summed E-state index contributed by atoms with van der Waals surface area (Å²) in [6.45, 7) is 6.83. The summed E-state index contributed by atoms with van der Waals surface area (Å²) < 4.78 is 7.24. The van der Waals surface area contributed by atoms with E-state index in [1.165, 1.54) is 0 Å². The summed E-state index contributed by atoms with van der Waals surface area (Å²) in [6.07, 6.45) is 3.17. The maximum Gasteiger partial charge on any atom is 0.105 e. The second-order valence-corrected chi connectivity index (χ2v) is 5.00. The van der Waals surface area contributed by atoms with E-state index in [-0.39, 0.29) is 6.04 Å². The van der Waals surface area contributed by atoms with Crippen LogP contribution in [-0.4, -0.2) is 9.78 Å². The molecule has 0 aliphatic rings. The molecule has 2 N–H and O–H groups in total. The minimum atomic E-state index is -0.122. The molecule has 0 bridgehead atoms. The molecular weight excluding hydrogens is 262 g/mol. The number of hydrogen-bond donors (Lipinski definition) is 1. The van der Waals surface area contributed by atoms with Crippen molar-refractivity contribution in [2.75, 3.05) is 0 Å². The largest absolute Gasteiger partial charge is 0.469 e. The highest BCUT2D eigenvalue weighted by molar-refractivity contribution is 6.31. The van der Waals surface area contributed by atoms with Crippen molar-refractivity contribution < 1.29 is 4.42 Å². The molecule has 0 aliphatic heterocycles. The maximum absolute atomic E-state index is 6.39. The molecular formula is C14H20ClN3O. The lowest BCUT2D eigenvalue weighted by Crippen LogP contribution is -2.16. The molecule has 0 saturated carbocycles. The second-order valence-electron chi connectivity index (χ2n) is 4.62. The van der Waals surface area contributed by atoms with E-state index in [2.05, 4.69) is 18.9 Å². The fraction of sp³-hybridized carbons (Fsp3) is 0.500. The molecule has 0 amide bonds. The molecule has 2 heterocycles. The molecule has 2 aromatic rings. The molecule has 104 valence electrons.